The molecule has 0 radical (unpaired) electrons. The standard InChI is InChI=1S/C9H17N3O2/c1-10-4-3-8(13)9(14)7-5-12(2)6-11-7/h5-6,8-10,13-14H,3-4H2,1-2H3. The van der Waals surface area contributed by atoms with Crippen molar-refractivity contribution in [2.75, 3.05) is 13.6 Å². The van der Waals surface area contributed by atoms with Crippen molar-refractivity contribution < 1.29 is 10.2 Å². The molecule has 3 N–H and O–H groups in total. The maximum absolute atomic E-state index is 9.68. The molecule has 0 bridgehead atoms. The highest BCUT2D eigenvalue weighted by Gasteiger charge is 2.19. The summed E-state index contributed by atoms with van der Waals surface area (Å²) in [5.41, 5.74) is 0.510. The molecule has 5 nitrogen and oxygen atoms in total. The minimum absolute atomic E-state index is 0.508. The van der Waals surface area contributed by atoms with E-state index in [2.05, 4.69) is 10.3 Å². The van der Waals surface area contributed by atoms with Crippen molar-refractivity contribution in [2.24, 2.45) is 7.05 Å². The van der Waals surface area contributed by atoms with Crippen molar-refractivity contribution in [1.82, 2.24) is 14.9 Å². The predicted molar refractivity (Wildman–Crippen MR) is 52.7 cm³/mol. The van der Waals surface area contributed by atoms with Crippen LogP contribution < -0.4 is 5.32 Å². The van der Waals surface area contributed by atoms with Crippen LogP contribution in [0.15, 0.2) is 12.5 Å². The van der Waals surface area contributed by atoms with E-state index in [4.69, 9.17) is 0 Å². The van der Waals surface area contributed by atoms with E-state index >= 15 is 0 Å². The van der Waals surface area contributed by atoms with Gasteiger partial charge in [0.15, 0.2) is 0 Å². The maximum Gasteiger partial charge on any atom is 0.123 e. The maximum atomic E-state index is 9.68. The van der Waals surface area contributed by atoms with Gasteiger partial charge in [-0.05, 0) is 20.0 Å². The Hall–Kier alpha value is -0.910. The number of nitrogens with zero attached hydrogens (tertiary/aromatic N) is 2. The fourth-order valence-electron chi connectivity index (χ4n) is 1.23. The molecule has 1 aromatic rings. The molecule has 2 atom stereocenters. The first kappa shape index (κ1) is 11.2. The summed E-state index contributed by atoms with van der Waals surface area (Å²) in [6, 6.07) is 0. The molecule has 0 aliphatic carbocycles. The van der Waals surface area contributed by atoms with Gasteiger partial charge >= 0.3 is 0 Å². The van der Waals surface area contributed by atoms with Gasteiger partial charge in [-0.25, -0.2) is 4.98 Å². The number of hydrogen-bond donors (Lipinski definition) is 3. The van der Waals surface area contributed by atoms with Crippen LogP contribution >= 0.6 is 0 Å². The Balaban J connectivity index is 2.51. The fraction of sp³-hybridized carbons (Fsp3) is 0.667. The molecular formula is C9H17N3O2. The van der Waals surface area contributed by atoms with Crippen molar-refractivity contribution >= 4 is 0 Å². The number of aliphatic hydroxyl groups is 2. The Morgan fingerprint density at radius 2 is 2.29 bits per heavy atom. The highest BCUT2D eigenvalue weighted by molar-refractivity contribution is 5.02. The number of aryl methyl sites for hydroxylation is 1. The first-order valence-electron chi connectivity index (χ1n) is 4.63. The number of hydrogen-bond acceptors (Lipinski definition) is 4. The lowest BCUT2D eigenvalue weighted by molar-refractivity contribution is 0.0117. The number of aliphatic hydroxyl groups excluding tert-OH is 2. The van der Waals surface area contributed by atoms with Gasteiger partial charge in [-0.1, -0.05) is 0 Å². The third-order valence-electron chi connectivity index (χ3n) is 2.08. The Morgan fingerprint density at radius 1 is 1.57 bits per heavy atom. The van der Waals surface area contributed by atoms with E-state index in [-0.39, 0.29) is 0 Å². The zero-order valence-electron chi connectivity index (χ0n) is 8.51. The number of nitrogens with one attached hydrogen (secondary N) is 1. The molecule has 0 spiro atoms. The Bertz CT molecular complexity index is 275. The van der Waals surface area contributed by atoms with Crippen LogP contribution in [0.5, 0.6) is 0 Å². The second-order valence-electron chi connectivity index (χ2n) is 3.37. The van der Waals surface area contributed by atoms with Crippen molar-refractivity contribution in [3.8, 4) is 0 Å². The van der Waals surface area contributed by atoms with Crippen molar-refractivity contribution in [1.29, 1.82) is 0 Å². The molecular weight excluding hydrogens is 182 g/mol. The molecule has 0 aromatic carbocycles. The Morgan fingerprint density at radius 3 is 2.79 bits per heavy atom. The molecule has 1 aromatic heterocycles. The van der Waals surface area contributed by atoms with Crippen molar-refractivity contribution in [2.45, 2.75) is 18.6 Å². The summed E-state index contributed by atoms with van der Waals surface area (Å²) >= 11 is 0. The van der Waals surface area contributed by atoms with E-state index in [1.54, 1.807) is 24.1 Å². The summed E-state index contributed by atoms with van der Waals surface area (Å²) in [7, 11) is 3.63. The zero-order chi connectivity index (χ0) is 10.6. The smallest absolute Gasteiger partial charge is 0.123 e. The lowest BCUT2D eigenvalue weighted by Gasteiger charge is -2.15. The zero-order valence-corrected chi connectivity index (χ0v) is 8.51. The van der Waals surface area contributed by atoms with Gasteiger partial charge in [0.2, 0.25) is 0 Å². The normalized spacial score (nSPS) is 15.4. The van der Waals surface area contributed by atoms with Crippen LogP contribution in [0.1, 0.15) is 18.2 Å². The second-order valence-corrected chi connectivity index (χ2v) is 3.37. The SMILES string of the molecule is CNCCC(O)C(O)c1cn(C)cn1. The van der Waals surface area contributed by atoms with Gasteiger partial charge < -0.3 is 20.1 Å². The minimum Gasteiger partial charge on any atom is -0.390 e. The molecule has 2 unspecified atom stereocenters. The summed E-state index contributed by atoms with van der Waals surface area (Å²) in [4.78, 5) is 3.98. The lowest BCUT2D eigenvalue weighted by Crippen LogP contribution is -2.23. The molecule has 14 heavy (non-hydrogen) atoms. The van der Waals surface area contributed by atoms with Crippen LogP contribution in [-0.2, 0) is 7.05 Å². The summed E-state index contributed by atoms with van der Waals surface area (Å²) in [6.45, 7) is 0.672. The second kappa shape index (κ2) is 5.09. The first-order chi connectivity index (χ1) is 6.65. The molecule has 1 heterocycles. The summed E-state index contributed by atoms with van der Waals surface area (Å²) in [6.07, 6.45) is 2.15. The number of rotatable bonds is 5. The Labute approximate surface area is 83.4 Å². The third-order valence-corrected chi connectivity index (χ3v) is 2.08. The predicted octanol–water partition coefficient (Wildman–Crippen LogP) is -0.576. The van der Waals surface area contributed by atoms with Gasteiger partial charge in [-0.3, -0.25) is 0 Å². The van der Waals surface area contributed by atoms with Crippen molar-refractivity contribution in [3.63, 3.8) is 0 Å². The molecule has 0 saturated heterocycles. The number of aromatic nitrogens is 2. The fourth-order valence-corrected chi connectivity index (χ4v) is 1.23. The van der Waals surface area contributed by atoms with Gasteiger partial charge in [-0.2, -0.15) is 0 Å². The monoisotopic (exact) mass is 199 g/mol. The molecule has 0 fully saturated rings. The van der Waals surface area contributed by atoms with Crippen LogP contribution in [0.25, 0.3) is 0 Å². The molecule has 0 amide bonds. The molecule has 80 valence electrons. The van der Waals surface area contributed by atoms with Crippen LogP contribution in [0.3, 0.4) is 0 Å². The van der Waals surface area contributed by atoms with E-state index in [0.29, 0.717) is 18.7 Å². The van der Waals surface area contributed by atoms with Gasteiger partial charge in [0.25, 0.3) is 0 Å². The van der Waals surface area contributed by atoms with Crippen LogP contribution in [0.2, 0.25) is 0 Å². The highest BCUT2D eigenvalue weighted by Crippen LogP contribution is 2.15. The minimum atomic E-state index is -0.899. The quantitative estimate of drug-likeness (QED) is 0.593. The van der Waals surface area contributed by atoms with Gasteiger partial charge in [0.1, 0.15) is 6.10 Å². The van der Waals surface area contributed by atoms with E-state index in [1.807, 2.05) is 7.05 Å². The van der Waals surface area contributed by atoms with Crippen LogP contribution in [0.4, 0.5) is 0 Å². The average Bonchev–Trinajstić information content (AvgIpc) is 2.60. The molecule has 0 aliphatic heterocycles. The highest BCUT2D eigenvalue weighted by atomic mass is 16.3. The lowest BCUT2D eigenvalue weighted by atomic mass is 10.1. The van der Waals surface area contributed by atoms with Crippen molar-refractivity contribution in [3.05, 3.63) is 18.2 Å². The molecule has 0 saturated carbocycles. The van der Waals surface area contributed by atoms with Crippen LogP contribution in [-0.4, -0.2) is 39.5 Å². The molecule has 0 aliphatic rings. The van der Waals surface area contributed by atoms with E-state index in [1.165, 1.54) is 0 Å². The summed E-state index contributed by atoms with van der Waals surface area (Å²) in [5, 5.41) is 22.2. The van der Waals surface area contributed by atoms with Gasteiger partial charge in [-0.15, -0.1) is 0 Å². The average molecular weight is 199 g/mol. The van der Waals surface area contributed by atoms with Crippen LogP contribution in [0, 0.1) is 0 Å². The van der Waals surface area contributed by atoms with Gasteiger partial charge in [0.05, 0.1) is 18.1 Å². The summed E-state index contributed by atoms with van der Waals surface area (Å²) < 4.78 is 1.74. The largest absolute Gasteiger partial charge is 0.390 e. The number of imidazole rings is 1. The summed E-state index contributed by atoms with van der Waals surface area (Å²) in [5.74, 6) is 0. The van der Waals surface area contributed by atoms with Gasteiger partial charge in [0, 0.05) is 13.2 Å². The van der Waals surface area contributed by atoms with E-state index in [9.17, 15) is 10.2 Å². The topological polar surface area (TPSA) is 70.3 Å². The molecule has 1 rings (SSSR count). The first-order valence-corrected chi connectivity index (χ1v) is 4.63. The third kappa shape index (κ3) is 2.80. The van der Waals surface area contributed by atoms with E-state index in [0.717, 1.165) is 0 Å². The molecule has 5 heteroatoms. The van der Waals surface area contributed by atoms with E-state index < -0.39 is 12.2 Å². The Kier molecular flexibility index (Phi) is 4.06.